The van der Waals surface area contributed by atoms with Crippen LogP contribution in [0.4, 0.5) is 4.39 Å². The average molecular weight is 244 g/mol. The number of hydrogen-bond donors (Lipinski definition) is 1. The lowest BCUT2D eigenvalue weighted by molar-refractivity contribution is 0.619. The van der Waals surface area contributed by atoms with Gasteiger partial charge in [-0.05, 0) is 60.8 Å². The Kier molecular flexibility index (Phi) is 4.42. The summed E-state index contributed by atoms with van der Waals surface area (Å²) in [5.74, 6) is -0.175. The number of halogens is 1. The average Bonchev–Trinajstić information content (AvgIpc) is 2.40. The summed E-state index contributed by atoms with van der Waals surface area (Å²) >= 11 is 0. The standard InChI is InChI=1S/C15H17FN2/c1-12-2-3-15(16)10-14(12)11-18-9-6-13-4-7-17-8-5-13/h2-5,7-8,10,18H,6,9,11H2,1H3. The second kappa shape index (κ2) is 6.26. The molecule has 1 N–H and O–H groups in total. The third kappa shape index (κ3) is 3.64. The van der Waals surface area contributed by atoms with Crippen molar-refractivity contribution in [3.8, 4) is 0 Å². The van der Waals surface area contributed by atoms with Crippen molar-refractivity contribution in [3.05, 3.63) is 65.2 Å². The molecule has 1 aromatic carbocycles. The highest BCUT2D eigenvalue weighted by atomic mass is 19.1. The van der Waals surface area contributed by atoms with Crippen molar-refractivity contribution in [2.45, 2.75) is 19.9 Å². The van der Waals surface area contributed by atoms with Gasteiger partial charge in [-0.2, -0.15) is 0 Å². The Balaban J connectivity index is 1.80. The van der Waals surface area contributed by atoms with Crippen LogP contribution < -0.4 is 5.32 Å². The molecule has 0 aliphatic rings. The molecule has 0 fully saturated rings. The number of hydrogen-bond acceptors (Lipinski definition) is 2. The molecule has 0 radical (unpaired) electrons. The van der Waals surface area contributed by atoms with Gasteiger partial charge in [0.1, 0.15) is 5.82 Å². The highest BCUT2D eigenvalue weighted by molar-refractivity contribution is 5.26. The molecule has 0 aliphatic heterocycles. The monoisotopic (exact) mass is 244 g/mol. The molecule has 0 amide bonds. The minimum absolute atomic E-state index is 0.175. The van der Waals surface area contributed by atoms with Gasteiger partial charge in [-0.1, -0.05) is 6.07 Å². The molecule has 0 bridgehead atoms. The first-order chi connectivity index (χ1) is 8.75. The summed E-state index contributed by atoms with van der Waals surface area (Å²) in [7, 11) is 0. The lowest BCUT2D eigenvalue weighted by Crippen LogP contribution is -2.17. The molecular formula is C15H17FN2. The molecule has 2 aromatic rings. The molecule has 0 saturated carbocycles. The smallest absolute Gasteiger partial charge is 0.123 e. The first-order valence-electron chi connectivity index (χ1n) is 6.10. The fourth-order valence-corrected chi connectivity index (χ4v) is 1.84. The second-order valence-corrected chi connectivity index (χ2v) is 4.35. The molecule has 94 valence electrons. The van der Waals surface area contributed by atoms with Crippen LogP contribution in [-0.4, -0.2) is 11.5 Å². The van der Waals surface area contributed by atoms with Gasteiger partial charge in [0.25, 0.3) is 0 Å². The predicted octanol–water partition coefficient (Wildman–Crippen LogP) is 2.86. The van der Waals surface area contributed by atoms with Crippen molar-refractivity contribution in [1.29, 1.82) is 0 Å². The number of rotatable bonds is 5. The van der Waals surface area contributed by atoms with Crippen LogP contribution in [0.25, 0.3) is 0 Å². The lowest BCUT2D eigenvalue weighted by atomic mass is 10.1. The van der Waals surface area contributed by atoms with E-state index < -0.39 is 0 Å². The molecular weight excluding hydrogens is 227 g/mol. The molecule has 1 aromatic heterocycles. The van der Waals surface area contributed by atoms with E-state index in [9.17, 15) is 4.39 Å². The van der Waals surface area contributed by atoms with Gasteiger partial charge in [0.05, 0.1) is 0 Å². The summed E-state index contributed by atoms with van der Waals surface area (Å²) in [4.78, 5) is 3.98. The molecule has 18 heavy (non-hydrogen) atoms. The van der Waals surface area contributed by atoms with Crippen molar-refractivity contribution in [3.63, 3.8) is 0 Å². The van der Waals surface area contributed by atoms with Crippen molar-refractivity contribution in [2.75, 3.05) is 6.54 Å². The third-order valence-electron chi connectivity index (χ3n) is 2.97. The van der Waals surface area contributed by atoms with Crippen LogP contribution in [0.3, 0.4) is 0 Å². The van der Waals surface area contributed by atoms with E-state index in [2.05, 4.69) is 10.3 Å². The first kappa shape index (κ1) is 12.7. The maximum absolute atomic E-state index is 13.1. The van der Waals surface area contributed by atoms with E-state index in [1.807, 2.05) is 25.1 Å². The van der Waals surface area contributed by atoms with E-state index in [0.29, 0.717) is 6.54 Å². The number of nitrogens with zero attached hydrogens (tertiary/aromatic N) is 1. The van der Waals surface area contributed by atoms with Crippen molar-refractivity contribution in [2.24, 2.45) is 0 Å². The minimum Gasteiger partial charge on any atom is -0.312 e. The first-order valence-corrected chi connectivity index (χ1v) is 6.10. The zero-order valence-corrected chi connectivity index (χ0v) is 10.5. The summed E-state index contributed by atoms with van der Waals surface area (Å²) in [6, 6.07) is 8.92. The molecule has 0 aliphatic carbocycles. The lowest BCUT2D eigenvalue weighted by Gasteiger charge is -2.08. The summed E-state index contributed by atoms with van der Waals surface area (Å²) in [6.45, 7) is 3.58. The van der Waals surface area contributed by atoms with Crippen molar-refractivity contribution < 1.29 is 4.39 Å². The molecule has 3 heteroatoms. The summed E-state index contributed by atoms with van der Waals surface area (Å²) in [5.41, 5.74) is 3.39. The summed E-state index contributed by atoms with van der Waals surface area (Å²) < 4.78 is 13.1. The van der Waals surface area contributed by atoms with E-state index in [-0.39, 0.29) is 5.82 Å². The Hall–Kier alpha value is -1.74. The fraction of sp³-hybridized carbons (Fsp3) is 0.267. The Labute approximate surface area is 107 Å². The largest absolute Gasteiger partial charge is 0.312 e. The van der Waals surface area contributed by atoms with E-state index in [4.69, 9.17) is 0 Å². The Morgan fingerprint density at radius 1 is 1.17 bits per heavy atom. The molecule has 0 unspecified atom stereocenters. The second-order valence-electron chi connectivity index (χ2n) is 4.35. The molecule has 2 nitrogen and oxygen atoms in total. The Bertz CT molecular complexity index is 497. The van der Waals surface area contributed by atoms with Gasteiger partial charge in [0.15, 0.2) is 0 Å². The number of pyridine rings is 1. The maximum atomic E-state index is 13.1. The van der Waals surface area contributed by atoms with Crippen LogP contribution in [0.2, 0.25) is 0 Å². The van der Waals surface area contributed by atoms with Gasteiger partial charge in [0, 0.05) is 18.9 Å². The Morgan fingerprint density at radius 2 is 1.94 bits per heavy atom. The normalized spacial score (nSPS) is 10.6. The van der Waals surface area contributed by atoms with E-state index in [0.717, 1.165) is 24.1 Å². The molecule has 1 heterocycles. The molecule has 0 saturated heterocycles. The number of aryl methyl sites for hydroxylation is 1. The highest BCUT2D eigenvalue weighted by Gasteiger charge is 2.00. The summed E-state index contributed by atoms with van der Waals surface area (Å²) in [5, 5.41) is 3.33. The minimum atomic E-state index is -0.175. The van der Waals surface area contributed by atoms with Gasteiger partial charge in [-0.25, -0.2) is 4.39 Å². The fourth-order valence-electron chi connectivity index (χ4n) is 1.84. The van der Waals surface area contributed by atoms with Gasteiger partial charge < -0.3 is 5.32 Å². The predicted molar refractivity (Wildman–Crippen MR) is 70.8 cm³/mol. The van der Waals surface area contributed by atoms with Gasteiger partial charge >= 0.3 is 0 Å². The van der Waals surface area contributed by atoms with Gasteiger partial charge in [-0.3, -0.25) is 4.98 Å². The Morgan fingerprint density at radius 3 is 2.72 bits per heavy atom. The molecule has 2 rings (SSSR count). The van der Waals surface area contributed by atoms with Gasteiger partial charge in [0.2, 0.25) is 0 Å². The zero-order valence-electron chi connectivity index (χ0n) is 10.5. The van der Waals surface area contributed by atoms with E-state index >= 15 is 0 Å². The van der Waals surface area contributed by atoms with E-state index in [1.165, 1.54) is 11.6 Å². The summed E-state index contributed by atoms with van der Waals surface area (Å²) in [6.07, 6.45) is 4.55. The van der Waals surface area contributed by atoms with Crippen LogP contribution >= 0.6 is 0 Å². The van der Waals surface area contributed by atoms with E-state index in [1.54, 1.807) is 18.5 Å². The number of nitrogens with one attached hydrogen (secondary N) is 1. The third-order valence-corrected chi connectivity index (χ3v) is 2.97. The SMILES string of the molecule is Cc1ccc(F)cc1CNCCc1ccncc1. The van der Waals surface area contributed by atoms with Crippen molar-refractivity contribution >= 4 is 0 Å². The zero-order chi connectivity index (χ0) is 12.8. The molecule has 0 atom stereocenters. The highest BCUT2D eigenvalue weighted by Crippen LogP contribution is 2.09. The molecule has 0 spiro atoms. The maximum Gasteiger partial charge on any atom is 0.123 e. The van der Waals surface area contributed by atoms with Crippen LogP contribution in [0.1, 0.15) is 16.7 Å². The van der Waals surface area contributed by atoms with Crippen molar-refractivity contribution in [1.82, 2.24) is 10.3 Å². The van der Waals surface area contributed by atoms with Crippen LogP contribution in [0.5, 0.6) is 0 Å². The van der Waals surface area contributed by atoms with Crippen LogP contribution in [0.15, 0.2) is 42.7 Å². The van der Waals surface area contributed by atoms with Crippen LogP contribution in [-0.2, 0) is 13.0 Å². The number of benzene rings is 1. The topological polar surface area (TPSA) is 24.9 Å². The quantitative estimate of drug-likeness (QED) is 0.818. The number of aromatic nitrogens is 1. The van der Waals surface area contributed by atoms with Crippen LogP contribution in [0, 0.1) is 12.7 Å². The van der Waals surface area contributed by atoms with Gasteiger partial charge in [-0.15, -0.1) is 0 Å².